The van der Waals surface area contributed by atoms with Gasteiger partial charge in [0.25, 0.3) is 0 Å². The Hall–Kier alpha value is -3.82. The van der Waals surface area contributed by atoms with Crippen molar-refractivity contribution in [2.45, 2.75) is 13.0 Å². The van der Waals surface area contributed by atoms with E-state index in [-0.39, 0.29) is 18.3 Å². The first-order chi connectivity index (χ1) is 17.1. The number of nitrogens with zero attached hydrogens (tertiary/aromatic N) is 2. The third-order valence-electron chi connectivity index (χ3n) is 6.69. The number of hydrogen-bond acceptors (Lipinski definition) is 5. The standard InChI is InChI=1S/C29H27FN2O3/c1-19-26-10-7-24(33)14-27(26)35-29(28(19)23-4-2-3-20(13-23)16-31)22-5-8-25(9-6-22)34-12-11-32-17-21(15-30)18-32/h2-10,13-14,21,29,33H,11-12,15,17-18H2,1H3/t29-/m0/s1. The quantitative estimate of drug-likeness (QED) is 0.486. The van der Waals surface area contributed by atoms with Crippen molar-refractivity contribution in [3.8, 4) is 23.3 Å². The molecular weight excluding hydrogens is 443 g/mol. The van der Waals surface area contributed by atoms with E-state index in [1.165, 1.54) is 0 Å². The third-order valence-corrected chi connectivity index (χ3v) is 6.69. The zero-order valence-corrected chi connectivity index (χ0v) is 19.6. The van der Waals surface area contributed by atoms with Gasteiger partial charge in [-0.25, -0.2) is 0 Å². The number of nitriles is 1. The van der Waals surface area contributed by atoms with Crippen LogP contribution in [-0.2, 0) is 0 Å². The van der Waals surface area contributed by atoms with E-state index in [9.17, 15) is 14.8 Å². The van der Waals surface area contributed by atoms with Crippen LogP contribution in [-0.4, -0.2) is 42.9 Å². The highest BCUT2D eigenvalue weighted by Gasteiger charge is 2.30. The van der Waals surface area contributed by atoms with Gasteiger partial charge in [0.05, 0.1) is 18.3 Å². The van der Waals surface area contributed by atoms with E-state index in [2.05, 4.69) is 11.0 Å². The molecule has 1 N–H and O–H groups in total. The monoisotopic (exact) mass is 470 g/mol. The molecule has 3 aromatic carbocycles. The summed E-state index contributed by atoms with van der Waals surface area (Å²) in [6, 6.07) is 22.7. The van der Waals surface area contributed by atoms with Crippen LogP contribution in [0.1, 0.15) is 35.3 Å². The van der Waals surface area contributed by atoms with Crippen molar-refractivity contribution < 1.29 is 19.0 Å². The van der Waals surface area contributed by atoms with Gasteiger partial charge in [-0.15, -0.1) is 0 Å². The number of halogens is 1. The third kappa shape index (κ3) is 4.73. The Morgan fingerprint density at radius 3 is 2.66 bits per heavy atom. The summed E-state index contributed by atoms with van der Waals surface area (Å²) in [7, 11) is 0. The van der Waals surface area contributed by atoms with Gasteiger partial charge in [0.2, 0.25) is 0 Å². The molecule has 1 saturated heterocycles. The molecule has 2 heterocycles. The molecule has 0 spiro atoms. The van der Waals surface area contributed by atoms with E-state index in [1.807, 2.05) is 55.5 Å². The van der Waals surface area contributed by atoms with Crippen LogP contribution in [0.5, 0.6) is 17.2 Å². The molecule has 5 rings (SSSR count). The van der Waals surface area contributed by atoms with Gasteiger partial charge < -0.3 is 14.6 Å². The predicted molar refractivity (Wildman–Crippen MR) is 133 cm³/mol. The second kappa shape index (κ2) is 9.81. The summed E-state index contributed by atoms with van der Waals surface area (Å²) in [5.41, 5.74) is 5.38. The van der Waals surface area contributed by atoms with Gasteiger partial charge in [-0.2, -0.15) is 5.26 Å². The molecule has 0 saturated carbocycles. The van der Waals surface area contributed by atoms with Gasteiger partial charge in [-0.3, -0.25) is 9.29 Å². The molecule has 0 unspecified atom stereocenters. The predicted octanol–water partition coefficient (Wildman–Crippen LogP) is 5.61. The first kappa shape index (κ1) is 22.9. The SMILES string of the molecule is CC1=C(c2cccc(C#N)c2)[C@H](c2ccc(OCCN3CC(CF)C3)cc2)Oc2cc(O)ccc21. The Morgan fingerprint density at radius 1 is 1.11 bits per heavy atom. The van der Waals surface area contributed by atoms with Crippen LogP contribution >= 0.6 is 0 Å². The molecule has 0 radical (unpaired) electrons. The molecule has 0 aromatic heterocycles. The Kier molecular flexibility index (Phi) is 6.43. The molecular formula is C29H27FN2O3. The molecule has 1 fully saturated rings. The van der Waals surface area contributed by atoms with E-state index < -0.39 is 6.10 Å². The minimum absolute atomic E-state index is 0.147. The van der Waals surface area contributed by atoms with Crippen LogP contribution in [0.4, 0.5) is 4.39 Å². The number of alkyl halides is 1. The minimum Gasteiger partial charge on any atom is -0.508 e. The number of phenols is 1. The largest absolute Gasteiger partial charge is 0.508 e. The highest BCUT2D eigenvalue weighted by Crippen LogP contribution is 2.47. The van der Waals surface area contributed by atoms with Crippen molar-refractivity contribution >= 4 is 11.1 Å². The van der Waals surface area contributed by atoms with Crippen molar-refractivity contribution in [2.75, 3.05) is 32.9 Å². The van der Waals surface area contributed by atoms with Crippen molar-refractivity contribution in [2.24, 2.45) is 5.92 Å². The van der Waals surface area contributed by atoms with Crippen LogP contribution in [0.15, 0.2) is 66.7 Å². The Bertz CT molecular complexity index is 1290. The number of allylic oxidation sites excluding steroid dienone is 1. The smallest absolute Gasteiger partial charge is 0.150 e. The molecule has 6 heteroatoms. The topological polar surface area (TPSA) is 65.7 Å². The van der Waals surface area contributed by atoms with Crippen molar-refractivity contribution in [3.05, 3.63) is 89.0 Å². The van der Waals surface area contributed by atoms with Gasteiger partial charge in [-0.05, 0) is 60.0 Å². The maximum absolute atomic E-state index is 12.6. The first-order valence-electron chi connectivity index (χ1n) is 11.8. The molecule has 0 amide bonds. The second-order valence-corrected chi connectivity index (χ2v) is 9.11. The van der Waals surface area contributed by atoms with Crippen LogP contribution in [0.25, 0.3) is 11.1 Å². The molecule has 0 bridgehead atoms. The van der Waals surface area contributed by atoms with E-state index in [1.54, 1.807) is 18.2 Å². The molecule has 0 aliphatic carbocycles. The Balaban J connectivity index is 1.40. The number of benzene rings is 3. The number of rotatable bonds is 7. The van der Waals surface area contributed by atoms with E-state index in [0.29, 0.717) is 17.9 Å². The average Bonchev–Trinajstić information content (AvgIpc) is 2.85. The highest BCUT2D eigenvalue weighted by atomic mass is 19.1. The maximum atomic E-state index is 12.6. The molecule has 178 valence electrons. The molecule has 5 nitrogen and oxygen atoms in total. The van der Waals surface area contributed by atoms with Crippen LogP contribution < -0.4 is 9.47 Å². The summed E-state index contributed by atoms with van der Waals surface area (Å²) in [5.74, 6) is 1.71. The fraction of sp³-hybridized carbons (Fsp3) is 0.276. The zero-order valence-electron chi connectivity index (χ0n) is 19.6. The normalized spacial score (nSPS) is 17.8. The molecule has 2 aliphatic rings. The molecule has 3 aromatic rings. The van der Waals surface area contributed by atoms with Crippen molar-refractivity contribution in [3.63, 3.8) is 0 Å². The highest BCUT2D eigenvalue weighted by molar-refractivity contribution is 5.95. The molecule has 2 aliphatic heterocycles. The van der Waals surface area contributed by atoms with Crippen molar-refractivity contribution in [1.82, 2.24) is 4.90 Å². The lowest BCUT2D eigenvalue weighted by molar-refractivity contribution is 0.0668. The van der Waals surface area contributed by atoms with Gasteiger partial charge in [-0.1, -0.05) is 24.3 Å². The number of hydrogen-bond donors (Lipinski definition) is 1. The number of fused-ring (bicyclic) bond motifs is 1. The molecule has 35 heavy (non-hydrogen) atoms. The first-order valence-corrected chi connectivity index (χ1v) is 11.8. The summed E-state index contributed by atoms with van der Waals surface area (Å²) in [5, 5.41) is 19.4. The van der Waals surface area contributed by atoms with Crippen molar-refractivity contribution in [1.29, 1.82) is 5.26 Å². The maximum Gasteiger partial charge on any atom is 0.150 e. The Labute approximate surface area is 204 Å². The fourth-order valence-corrected chi connectivity index (χ4v) is 4.79. The average molecular weight is 471 g/mol. The van der Waals surface area contributed by atoms with E-state index >= 15 is 0 Å². The van der Waals surface area contributed by atoms with Crippen LogP contribution in [0, 0.1) is 17.2 Å². The summed E-state index contributed by atoms with van der Waals surface area (Å²) < 4.78 is 24.9. The second-order valence-electron chi connectivity index (χ2n) is 9.11. The van der Waals surface area contributed by atoms with Gasteiger partial charge in [0.15, 0.2) is 0 Å². The lowest BCUT2D eigenvalue weighted by Crippen LogP contribution is -2.49. The number of likely N-dealkylation sites (tertiary alicyclic amines) is 1. The van der Waals surface area contributed by atoms with Gasteiger partial charge >= 0.3 is 0 Å². The summed E-state index contributed by atoms with van der Waals surface area (Å²) in [6.45, 7) is 4.73. The number of ether oxygens (including phenoxy) is 2. The lowest BCUT2D eigenvalue weighted by Gasteiger charge is -2.37. The van der Waals surface area contributed by atoms with Crippen LogP contribution in [0.3, 0.4) is 0 Å². The van der Waals surface area contributed by atoms with E-state index in [4.69, 9.17) is 9.47 Å². The molecule has 1 atom stereocenters. The van der Waals surface area contributed by atoms with E-state index in [0.717, 1.165) is 53.2 Å². The summed E-state index contributed by atoms with van der Waals surface area (Å²) in [6.07, 6.45) is -0.411. The fourth-order valence-electron chi connectivity index (χ4n) is 4.79. The van der Waals surface area contributed by atoms with Gasteiger partial charge in [0.1, 0.15) is 30.0 Å². The Morgan fingerprint density at radius 2 is 1.91 bits per heavy atom. The zero-order chi connectivity index (χ0) is 24.4. The summed E-state index contributed by atoms with van der Waals surface area (Å²) in [4.78, 5) is 2.19. The minimum atomic E-state index is -0.411. The summed E-state index contributed by atoms with van der Waals surface area (Å²) >= 11 is 0. The lowest BCUT2D eigenvalue weighted by atomic mass is 9.85. The van der Waals surface area contributed by atoms with Crippen LogP contribution in [0.2, 0.25) is 0 Å². The number of aromatic hydroxyl groups is 1. The van der Waals surface area contributed by atoms with Gasteiger partial charge in [0, 0.05) is 42.8 Å². The number of phenolic OH excluding ortho intramolecular Hbond substituents is 1.